The molecule has 0 unspecified atom stereocenters. The summed E-state index contributed by atoms with van der Waals surface area (Å²) in [5, 5.41) is 0. The van der Waals surface area contributed by atoms with E-state index in [0.717, 1.165) is 50.9 Å². The van der Waals surface area contributed by atoms with Gasteiger partial charge in [-0.2, -0.15) is 0 Å². The van der Waals surface area contributed by atoms with Crippen molar-refractivity contribution in [2.24, 2.45) is 5.92 Å². The van der Waals surface area contributed by atoms with Gasteiger partial charge in [0.2, 0.25) is 0 Å². The minimum absolute atomic E-state index is 0.0608. The van der Waals surface area contributed by atoms with E-state index >= 15 is 0 Å². The van der Waals surface area contributed by atoms with Gasteiger partial charge in [-0.05, 0) is 68.5 Å². The number of piperidine rings is 2. The first-order valence-electron chi connectivity index (χ1n) is 11.3. The van der Waals surface area contributed by atoms with Crippen LogP contribution in [-0.4, -0.2) is 54.4 Å². The Hall–Kier alpha value is -2.96. The number of rotatable bonds is 5. The topological polar surface area (TPSA) is 49.9 Å². The summed E-state index contributed by atoms with van der Waals surface area (Å²) in [6.07, 6.45) is 5.00. The average molecular weight is 443 g/mol. The Morgan fingerprint density at radius 3 is 2.31 bits per heavy atom. The normalized spacial score (nSPS) is 19.0. The fourth-order valence-corrected chi connectivity index (χ4v) is 4.41. The number of benzene rings is 2. The lowest BCUT2D eigenvalue weighted by molar-refractivity contribution is 0.0628. The second-order valence-corrected chi connectivity index (χ2v) is 8.57. The summed E-state index contributed by atoms with van der Waals surface area (Å²) in [6.45, 7) is 3.06. The molecular formula is C25H28F2N2O3. The van der Waals surface area contributed by atoms with Crippen molar-refractivity contribution in [3.8, 4) is 5.75 Å². The maximum Gasteiger partial charge on any atom is 0.256 e. The van der Waals surface area contributed by atoms with E-state index in [4.69, 9.17) is 4.74 Å². The molecule has 0 radical (unpaired) electrons. The number of hydrogen-bond acceptors (Lipinski definition) is 3. The molecule has 1 atom stereocenters. The first kappa shape index (κ1) is 22.2. The molecule has 7 heteroatoms. The molecule has 2 amide bonds. The molecule has 2 aliphatic heterocycles. The monoisotopic (exact) mass is 442 g/mol. The van der Waals surface area contributed by atoms with Crippen LogP contribution in [0.5, 0.6) is 5.75 Å². The summed E-state index contributed by atoms with van der Waals surface area (Å²) in [4.78, 5) is 28.8. The van der Waals surface area contributed by atoms with Crippen molar-refractivity contribution in [3.05, 3.63) is 65.2 Å². The Morgan fingerprint density at radius 1 is 0.875 bits per heavy atom. The number of nitrogens with zero attached hydrogens (tertiary/aromatic N) is 2. The van der Waals surface area contributed by atoms with Crippen molar-refractivity contribution in [1.82, 2.24) is 9.80 Å². The fourth-order valence-electron chi connectivity index (χ4n) is 4.41. The lowest BCUT2D eigenvalue weighted by Gasteiger charge is -2.32. The van der Waals surface area contributed by atoms with Crippen LogP contribution in [0.3, 0.4) is 0 Å². The molecule has 2 fully saturated rings. The number of carbonyl (C=O) groups excluding carboxylic acids is 2. The summed E-state index contributed by atoms with van der Waals surface area (Å²) in [6, 6.07) is 10.2. The van der Waals surface area contributed by atoms with E-state index in [2.05, 4.69) is 0 Å². The summed E-state index contributed by atoms with van der Waals surface area (Å²) < 4.78 is 33.0. The first-order chi connectivity index (χ1) is 15.5. The van der Waals surface area contributed by atoms with Crippen molar-refractivity contribution < 1.29 is 23.1 Å². The zero-order chi connectivity index (χ0) is 22.5. The molecule has 0 N–H and O–H groups in total. The molecule has 0 aliphatic carbocycles. The number of amides is 2. The number of hydrogen-bond donors (Lipinski definition) is 0. The summed E-state index contributed by atoms with van der Waals surface area (Å²) in [7, 11) is 0. The van der Waals surface area contributed by atoms with Gasteiger partial charge in [-0.15, -0.1) is 0 Å². The Labute approximate surface area is 187 Å². The molecule has 0 aromatic heterocycles. The Bertz CT molecular complexity index is 958. The standard InChI is InChI=1S/C25H28F2N2O3/c26-20-8-11-22(23(27)15-20)25(31)29-14-4-5-18(16-29)17-32-21-9-6-19(7-10-21)24(30)28-12-2-1-3-13-28/h6-11,15,18H,1-5,12-14,16-17H2/t18-/m0/s1. The maximum atomic E-state index is 14.0. The Morgan fingerprint density at radius 2 is 1.59 bits per heavy atom. The highest BCUT2D eigenvalue weighted by Gasteiger charge is 2.27. The Balaban J connectivity index is 1.30. The van der Waals surface area contributed by atoms with Crippen molar-refractivity contribution in [3.63, 3.8) is 0 Å². The molecule has 2 saturated heterocycles. The van der Waals surface area contributed by atoms with Crippen molar-refractivity contribution in [2.75, 3.05) is 32.8 Å². The second kappa shape index (κ2) is 10.1. The fraction of sp³-hybridized carbons (Fsp3) is 0.440. The van der Waals surface area contributed by atoms with Gasteiger partial charge in [-0.25, -0.2) is 8.78 Å². The molecule has 2 aromatic carbocycles. The van der Waals surface area contributed by atoms with Crippen molar-refractivity contribution in [2.45, 2.75) is 32.1 Å². The predicted octanol–water partition coefficient (Wildman–Crippen LogP) is 4.52. The van der Waals surface area contributed by atoms with Crippen LogP contribution in [0.2, 0.25) is 0 Å². The minimum Gasteiger partial charge on any atom is -0.493 e. The van der Waals surface area contributed by atoms with Gasteiger partial charge in [0, 0.05) is 43.7 Å². The SMILES string of the molecule is O=C(c1ccc(OC[C@H]2CCCN(C(=O)c3ccc(F)cc3F)C2)cc1)N1CCCCC1. The van der Waals surface area contributed by atoms with Crippen LogP contribution in [0.4, 0.5) is 8.78 Å². The van der Waals surface area contributed by atoms with Gasteiger partial charge in [0.1, 0.15) is 17.4 Å². The molecule has 2 heterocycles. The first-order valence-corrected chi connectivity index (χ1v) is 11.3. The van der Waals surface area contributed by atoms with Crippen LogP contribution in [0.25, 0.3) is 0 Å². The zero-order valence-corrected chi connectivity index (χ0v) is 18.1. The van der Waals surface area contributed by atoms with E-state index in [9.17, 15) is 18.4 Å². The third-order valence-corrected chi connectivity index (χ3v) is 6.20. The van der Waals surface area contributed by atoms with Crippen LogP contribution in [0, 0.1) is 17.6 Å². The van der Waals surface area contributed by atoms with E-state index < -0.39 is 17.5 Å². The molecule has 2 aromatic rings. The number of ether oxygens (including phenoxy) is 1. The van der Waals surface area contributed by atoms with Gasteiger partial charge in [0.05, 0.1) is 12.2 Å². The quantitative estimate of drug-likeness (QED) is 0.684. The van der Waals surface area contributed by atoms with Crippen LogP contribution < -0.4 is 4.74 Å². The number of likely N-dealkylation sites (tertiary alicyclic amines) is 2. The lowest BCUT2D eigenvalue weighted by Crippen LogP contribution is -2.41. The second-order valence-electron chi connectivity index (χ2n) is 8.57. The highest BCUT2D eigenvalue weighted by Crippen LogP contribution is 2.22. The largest absolute Gasteiger partial charge is 0.493 e. The summed E-state index contributed by atoms with van der Waals surface area (Å²) in [5.41, 5.74) is 0.553. The smallest absolute Gasteiger partial charge is 0.256 e. The molecule has 2 aliphatic rings. The molecule has 170 valence electrons. The molecule has 32 heavy (non-hydrogen) atoms. The van der Waals surface area contributed by atoms with Crippen LogP contribution in [-0.2, 0) is 0 Å². The predicted molar refractivity (Wildman–Crippen MR) is 117 cm³/mol. The van der Waals surface area contributed by atoms with E-state index in [1.807, 2.05) is 4.90 Å². The van der Waals surface area contributed by atoms with Gasteiger partial charge in [-0.3, -0.25) is 9.59 Å². The third-order valence-electron chi connectivity index (χ3n) is 6.20. The number of carbonyl (C=O) groups is 2. The van der Waals surface area contributed by atoms with Crippen molar-refractivity contribution in [1.29, 1.82) is 0 Å². The molecule has 0 spiro atoms. The van der Waals surface area contributed by atoms with Gasteiger partial charge in [0.15, 0.2) is 0 Å². The van der Waals surface area contributed by atoms with E-state index in [1.54, 1.807) is 29.2 Å². The molecule has 4 rings (SSSR count). The summed E-state index contributed by atoms with van der Waals surface area (Å²) >= 11 is 0. The lowest BCUT2D eigenvalue weighted by atomic mass is 9.98. The van der Waals surface area contributed by atoms with E-state index in [1.165, 1.54) is 12.5 Å². The maximum absolute atomic E-state index is 14.0. The summed E-state index contributed by atoms with van der Waals surface area (Å²) in [5.74, 6) is -1.11. The molecule has 0 bridgehead atoms. The minimum atomic E-state index is -0.840. The van der Waals surface area contributed by atoms with E-state index in [0.29, 0.717) is 31.0 Å². The van der Waals surface area contributed by atoms with Crippen LogP contribution >= 0.6 is 0 Å². The van der Waals surface area contributed by atoms with Gasteiger partial charge < -0.3 is 14.5 Å². The van der Waals surface area contributed by atoms with Gasteiger partial charge >= 0.3 is 0 Å². The highest BCUT2D eigenvalue weighted by atomic mass is 19.1. The number of halogens is 2. The molecule has 0 saturated carbocycles. The average Bonchev–Trinajstić information content (AvgIpc) is 2.83. The van der Waals surface area contributed by atoms with Gasteiger partial charge in [0.25, 0.3) is 11.8 Å². The molecule has 5 nitrogen and oxygen atoms in total. The molecular weight excluding hydrogens is 414 g/mol. The van der Waals surface area contributed by atoms with Crippen LogP contribution in [0.15, 0.2) is 42.5 Å². The third kappa shape index (κ3) is 5.26. The van der Waals surface area contributed by atoms with Gasteiger partial charge in [-0.1, -0.05) is 0 Å². The van der Waals surface area contributed by atoms with E-state index in [-0.39, 0.29) is 17.4 Å². The zero-order valence-electron chi connectivity index (χ0n) is 18.1. The van der Waals surface area contributed by atoms with Crippen molar-refractivity contribution >= 4 is 11.8 Å². The highest BCUT2D eigenvalue weighted by molar-refractivity contribution is 5.95. The Kier molecular flexibility index (Phi) is 7.02. The van der Waals surface area contributed by atoms with Crippen LogP contribution in [0.1, 0.15) is 52.8 Å².